The summed E-state index contributed by atoms with van der Waals surface area (Å²) in [6.07, 6.45) is 81.6. The zero-order valence-corrected chi connectivity index (χ0v) is 96.6. The predicted molar refractivity (Wildman–Crippen MR) is 604 cm³/mol. The van der Waals surface area contributed by atoms with Crippen molar-refractivity contribution < 1.29 is 71.6 Å². The number of thioether (sulfide) groups is 3. The van der Waals surface area contributed by atoms with Gasteiger partial charge in [-0.25, -0.2) is 0 Å². The minimum atomic E-state index is -0.240. The van der Waals surface area contributed by atoms with Crippen LogP contribution in [0.4, 0.5) is 14.4 Å². The quantitative estimate of drug-likeness (QED) is 0.0238. The van der Waals surface area contributed by atoms with E-state index in [-0.39, 0.29) is 82.7 Å². The van der Waals surface area contributed by atoms with E-state index in [1.165, 1.54) is 273 Å². The Morgan fingerprint density at radius 3 is 0.702 bits per heavy atom. The van der Waals surface area contributed by atoms with Gasteiger partial charge in [-0.15, -0.1) is 0 Å². The molecule has 0 radical (unpaired) electrons. The molecule has 0 bridgehead atoms. The Kier molecular flexibility index (Phi) is 111. The summed E-state index contributed by atoms with van der Waals surface area (Å²) >= 11 is 4.00. The maximum atomic E-state index is 13.3. The van der Waals surface area contributed by atoms with Crippen molar-refractivity contribution in [1.29, 1.82) is 0 Å². The molecule has 0 aliphatic rings. The molecule has 0 N–H and O–H groups in total. The number of rotatable bonds is 99. The van der Waals surface area contributed by atoms with Crippen LogP contribution < -0.4 is 0 Å². The molecular formula is C117H222N6O15S3. The number of esters is 6. The molecule has 141 heavy (non-hydrogen) atoms. The van der Waals surface area contributed by atoms with Crippen LogP contribution in [0.2, 0.25) is 0 Å². The molecule has 0 aromatic carbocycles. The largest absolute Gasteiger partial charge is 0.462 e. The zero-order chi connectivity index (χ0) is 104. The Morgan fingerprint density at radius 1 is 0.220 bits per heavy atom. The smallest absolute Gasteiger partial charge is 0.306 e. The number of unbranched alkanes of at least 4 members (excludes halogenated alkanes) is 39. The van der Waals surface area contributed by atoms with E-state index in [1.807, 2.05) is 51.3 Å². The summed E-state index contributed by atoms with van der Waals surface area (Å²) in [4.78, 5) is 127. The van der Waals surface area contributed by atoms with Gasteiger partial charge >= 0.3 is 35.8 Å². The van der Waals surface area contributed by atoms with Gasteiger partial charge in [0.15, 0.2) is 0 Å². The fraction of sp³-hybridized carbons (Fsp3) is 0.872. The Bertz CT molecular complexity index is 2900. The molecule has 3 amide bonds. The van der Waals surface area contributed by atoms with E-state index in [1.54, 1.807) is 9.80 Å². The second-order valence-electron chi connectivity index (χ2n) is 39.5. The van der Waals surface area contributed by atoms with Crippen molar-refractivity contribution in [3.8, 4) is 0 Å². The van der Waals surface area contributed by atoms with Crippen LogP contribution in [-0.2, 0) is 57.2 Å². The number of hydrogen-bond donors (Lipinski definition) is 0. The second-order valence-corrected chi connectivity index (χ2v) is 42.7. The Morgan fingerprint density at radius 2 is 0.440 bits per heavy atom. The summed E-state index contributed by atoms with van der Waals surface area (Å²) in [6, 6.07) is 0. The molecule has 0 aliphatic carbocycles. The van der Waals surface area contributed by atoms with E-state index in [4.69, 9.17) is 28.4 Å². The summed E-state index contributed by atoms with van der Waals surface area (Å²) < 4.78 is 34.0. The van der Waals surface area contributed by atoms with Crippen molar-refractivity contribution in [1.82, 2.24) is 29.4 Å². The van der Waals surface area contributed by atoms with Crippen LogP contribution in [0, 0.1) is 0 Å². The molecule has 0 aliphatic heterocycles. The Balaban J connectivity index is -0.00000203. The van der Waals surface area contributed by atoms with E-state index < -0.39 is 0 Å². The maximum absolute atomic E-state index is 13.3. The molecule has 0 spiro atoms. The van der Waals surface area contributed by atoms with Crippen molar-refractivity contribution in [3.63, 3.8) is 0 Å². The van der Waals surface area contributed by atoms with Crippen molar-refractivity contribution in [2.75, 3.05) is 137 Å². The summed E-state index contributed by atoms with van der Waals surface area (Å²) in [6.45, 7) is 33.1. The lowest BCUT2D eigenvalue weighted by atomic mass is 10.0. The Hall–Kier alpha value is -4.62. The highest BCUT2D eigenvalue weighted by atomic mass is 32.2. The first-order chi connectivity index (χ1) is 68.6. The second kappa shape index (κ2) is 111. The number of carbonyl (C=O) groups excluding carboxylic acids is 9. The first-order valence-electron chi connectivity index (χ1n) is 58.4. The summed E-state index contributed by atoms with van der Waals surface area (Å²) in [5.74, 6) is 1.14. The van der Waals surface area contributed by atoms with Crippen LogP contribution in [-0.4, -0.2) is 237 Å². The third-order valence-corrected chi connectivity index (χ3v) is 28.3. The molecule has 0 fully saturated rings. The molecule has 0 saturated carbocycles. The average molecular weight is 2050 g/mol. The van der Waals surface area contributed by atoms with Crippen molar-refractivity contribution in [3.05, 3.63) is 36.5 Å². The number of carbonyl (C=O) groups is 9. The molecule has 828 valence electrons. The molecule has 21 nitrogen and oxygen atoms in total. The van der Waals surface area contributed by atoms with Crippen molar-refractivity contribution in [2.45, 2.75) is 525 Å². The van der Waals surface area contributed by atoms with E-state index in [9.17, 15) is 43.2 Å². The summed E-state index contributed by atoms with van der Waals surface area (Å²) in [7, 11) is 7.97. The normalized spacial score (nSPS) is 11.7. The van der Waals surface area contributed by atoms with Gasteiger partial charge in [0.1, 0.15) is 38.1 Å². The lowest BCUT2D eigenvalue weighted by Gasteiger charge is -2.23. The molecule has 0 aromatic heterocycles. The van der Waals surface area contributed by atoms with Crippen LogP contribution in [0.3, 0.4) is 0 Å². The standard InChI is InChI=1S/C43H82N2O5S.C39H74N2O5S.C35H66N2O5S/c1-6-11-14-17-19-22-28-38-49-41(46)33-26-23-27-36-45(43(48)51-39-30-35-44(9-4)10-5)37-29-34-42(47)50-40(31-24-20-16-13-8-3)32-25-21-18-15-12-7-2;1-6-9-12-15-18-21-24-34-45-37(42)29-25-31-41(39(44)47-35-33-40(4)5)32-26-30-38(43)46-36(27-22-19-16-13-10-7-2)28-23-20-17-14-11-8-3;1-6-9-12-15-16-17-20-30-41-33(38)25-21-27-37(35(40)43-31-29-36(4)5)28-22-26-34(39)42-32(23-18-13-10-7-2)24-19-14-11-8-3/h22,28,40H,6-21,23-27,29-39H2,1-5H3;21,24,36H,6-20,22-23,25-35H2,1-5H3;17,20,32H,6-16,18-19,21-31H2,1-5H3/b28-22-;24-21-;20-17-. The molecule has 0 aromatic rings. The van der Waals surface area contributed by atoms with Gasteiger partial charge in [0.05, 0.1) is 0 Å². The van der Waals surface area contributed by atoms with Crippen molar-refractivity contribution in [2.24, 2.45) is 0 Å². The van der Waals surface area contributed by atoms with Crippen LogP contribution >= 0.6 is 35.3 Å². The van der Waals surface area contributed by atoms with Gasteiger partial charge in [0.2, 0.25) is 0 Å². The zero-order valence-electron chi connectivity index (χ0n) is 94.1. The van der Waals surface area contributed by atoms with Crippen LogP contribution in [0.25, 0.3) is 0 Å². The van der Waals surface area contributed by atoms with E-state index in [2.05, 4.69) is 109 Å². The molecular weight excluding hydrogens is 1830 g/mol. The number of nitrogens with zero attached hydrogens (tertiary/aromatic N) is 6. The van der Waals surface area contributed by atoms with Crippen LogP contribution in [0.15, 0.2) is 36.5 Å². The topological polar surface area (TPSA) is 228 Å². The fourth-order valence-electron chi connectivity index (χ4n) is 16.4. The Labute approximate surface area is 880 Å². The third-order valence-electron chi connectivity index (χ3n) is 25.5. The van der Waals surface area contributed by atoms with Gasteiger partial charge in [-0.3, -0.25) is 43.2 Å². The third kappa shape index (κ3) is 102. The van der Waals surface area contributed by atoms with Crippen LogP contribution in [0.5, 0.6) is 0 Å². The molecule has 0 rings (SSSR count). The van der Waals surface area contributed by atoms with Gasteiger partial charge in [-0.1, -0.05) is 373 Å². The molecule has 0 heterocycles. The SMILES string of the molecule is CCCCCC/C=C\COC(=O)CCCCCN(CCCC(=O)OC(CCCCCCC)CCCCCCCC)C(=O)SCCCN(CC)CC.CCCCCC/C=C\COC(=O)CCCN(CCCC(=O)OC(CCCCCC)CCCCCC)C(=O)SCCN(C)C.CCCCCC/C=C\COC(=O)CCCN(CCCC(=O)OC(CCCCCCCC)CCCCCCCC)C(=O)SCCN(C)C. The summed E-state index contributed by atoms with van der Waals surface area (Å²) in [5.41, 5.74) is 0. The van der Waals surface area contributed by atoms with Gasteiger partial charge in [-0.2, -0.15) is 0 Å². The highest BCUT2D eigenvalue weighted by molar-refractivity contribution is 8.14. The van der Waals surface area contributed by atoms with Gasteiger partial charge in [0.25, 0.3) is 15.7 Å². The predicted octanol–water partition coefficient (Wildman–Crippen LogP) is 32.2. The summed E-state index contributed by atoms with van der Waals surface area (Å²) in [5, 5.41) is 0.0970. The highest BCUT2D eigenvalue weighted by Crippen LogP contribution is 2.25. The van der Waals surface area contributed by atoms with Gasteiger partial charge < -0.3 is 57.8 Å². The maximum Gasteiger partial charge on any atom is 0.306 e. The lowest BCUT2D eigenvalue weighted by Crippen LogP contribution is -2.31. The van der Waals surface area contributed by atoms with E-state index in [0.29, 0.717) is 128 Å². The van der Waals surface area contributed by atoms with E-state index >= 15 is 0 Å². The monoisotopic (exact) mass is 2050 g/mol. The lowest BCUT2D eigenvalue weighted by molar-refractivity contribution is -0.151. The van der Waals surface area contributed by atoms with Crippen LogP contribution in [0.1, 0.15) is 506 Å². The highest BCUT2D eigenvalue weighted by Gasteiger charge is 2.24. The number of ether oxygens (including phenoxy) is 6. The molecule has 24 heteroatoms. The number of allylic oxidation sites excluding steroid dienone is 3. The van der Waals surface area contributed by atoms with Crippen molar-refractivity contribution >= 4 is 86.8 Å². The minimum Gasteiger partial charge on any atom is -0.462 e. The molecule has 1 atom stereocenters. The average Bonchev–Trinajstić information content (AvgIpc) is 0.913. The number of amides is 3. The first kappa shape index (κ1) is 141. The van der Waals surface area contributed by atoms with E-state index in [0.717, 1.165) is 160 Å². The molecule has 1 unspecified atom stereocenters. The van der Waals surface area contributed by atoms with Gasteiger partial charge in [0, 0.05) is 108 Å². The number of hydrogen-bond acceptors (Lipinski definition) is 21. The molecule has 0 saturated heterocycles. The first-order valence-corrected chi connectivity index (χ1v) is 61.3. The van der Waals surface area contributed by atoms with Gasteiger partial charge in [-0.05, 0) is 215 Å². The minimum absolute atomic E-state index is 0.000633. The fourth-order valence-corrected chi connectivity index (χ4v) is 19.2.